The maximum atomic E-state index is 12.9. The molecule has 1 aliphatic rings. The lowest BCUT2D eigenvalue weighted by Gasteiger charge is -2.29. The fraction of sp³-hybridized carbons (Fsp3) is 0.391. The zero-order chi connectivity index (χ0) is 21.6. The number of rotatable bonds is 8. The van der Waals surface area contributed by atoms with E-state index in [-0.39, 0.29) is 19.6 Å². The minimum atomic E-state index is -1.21. The van der Waals surface area contributed by atoms with Crippen LogP contribution >= 0.6 is 0 Å². The first kappa shape index (κ1) is 22.1. The van der Waals surface area contributed by atoms with Crippen LogP contribution in [0.1, 0.15) is 24.5 Å². The molecule has 0 saturated carbocycles. The van der Waals surface area contributed by atoms with Crippen molar-refractivity contribution in [1.29, 1.82) is 0 Å². The monoisotopic (exact) mass is 408 g/mol. The van der Waals surface area contributed by atoms with Gasteiger partial charge in [-0.15, -0.1) is 0 Å². The van der Waals surface area contributed by atoms with E-state index in [1.54, 1.807) is 6.92 Å². The highest BCUT2D eigenvalue weighted by atomic mass is 16.6. The summed E-state index contributed by atoms with van der Waals surface area (Å²) < 4.78 is 22.1. The Morgan fingerprint density at radius 2 is 1.50 bits per heavy atom. The molecule has 4 atom stereocenters. The highest BCUT2D eigenvalue weighted by Crippen LogP contribution is 2.40. The van der Waals surface area contributed by atoms with Crippen LogP contribution in [-0.4, -0.2) is 44.6 Å². The van der Waals surface area contributed by atoms with E-state index in [1.807, 2.05) is 60.7 Å². The zero-order valence-electron chi connectivity index (χ0n) is 17.2. The Hall–Kier alpha value is -2.64. The van der Waals surface area contributed by atoms with E-state index in [0.717, 1.165) is 11.1 Å². The van der Waals surface area contributed by atoms with Crippen molar-refractivity contribution in [3.05, 3.63) is 71.8 Å². The van der Waals surface area contributed by atoms with Gasteiger partial charge in [0, 0.05) is 13.1 Å². The van der Waals surface area contributed by atoms with Crippen LogP contribution in [-0.2, 0) is 41.8 Å². The third kappa shape index (κ3) is 5.29. The van der Waals surface area contributed by atoms with Crippen LogP contribution in [0.2, 0.25) is 0 Å². The molecule has 3 rings (SSSR count). The summed E-state index contributed by atoms with van der Waals surface area (Å²) in [6.07, 6.45) is -0.890. The number of carbonyl (C=O) groups excluding carboxylic acids is 2. The zero-order valence-corrected chi connectivity index (χ0v) is 17.2. The molecule has 7 heteroatoms. The Kier molecular flexibility index (Phi) is 7.29. The van der Waals surface area contributed by atoms with E-state index in [1.165, 1.54) is 7.11 Å². The molecule has 0 N–H and O–H groups in total. The molecular weight excluding hydrogens is 383 g/mol. The number of hydrogen-bond donors (Lipinski definition) is 0. The topological polar surface area (TPSA) is 71.1 Å². The van der Waals surface area contributed by atoms with Gasteiger partial charge in [-0.25, -0.2) is 0 Å². The molecule has 1 heterocycles. The van der Waals surface area contributed by atoms with Gasteiger partial charge < -0.3 is 18.9 Å². The molecule has 1 saturated heterocycles. The highest BCUT2D eigenvalue weighted by molar-refractivity contribution is 6.12. The Labute approximate surface area is 177 Å². The van der Waals surface area contributed by atoms with Gasteiger partial charge in [0.15, 0.2) is 0 Å². The van der Waals surface area contributed by atoms with Crippen LogP contribution in [0.25, 0.3) is 0 Å². The summed E-state index contributed by atoms with van der Waals surface area (Å²) >= 11 is 0. The van der Waals surface area contributed by atoms with Crippen molar-refractivity contribution in [2.75, 3.05) is 7.11 Å². The van der Waals surface area contributed by atoms with E-state index >= 15 is 0 Å². The first-order valence-electron chi connectivity index (χ1n) is 9.79. The molecule has 1 aliphatic heterocycles. The molecule has 0 aromatic heterocycles. The summed E-state index contributed by atoms with van der Waals surface area (Å²) in [4.78, 5) is 25.4. The van der Waals surface area contributed by atoms with Crippen LogP contribution in [0.3, 0.4) is 0 Å². The van der Waals surface area contributed by atoms with Crippen molar-refractivity contribution in [2.24, 2.45) is 5.92 Å². The molecule has 0 aliphatic carbocycles. The van der Waals surface area contributed by atoms with Crippen molar-refractivity contribution in [3.8, 4) is 0 Å². The Balaban J connectivity index is 1.66. The fourth-order valence-corrected chi connectivity index (χ4v) is 3.69. The minimum Gasteiger partial charge on any atom is -0.461 e. The van der Waals surface area contributed by atoms with Crippen LogP contribution in [0.5, 0.6) is 0 Å². The quantitative estimate of drug-likeness (QED) is 0.494. The van der Waals surface area contributed by atoms with E-state index in [0.29, 0.717) is 0 Å². The predicted octanol–water partition coefficient (Wildman–Crippen LogP) is 2.78. The first-order chi connectivity index (χ1) is 14.4. The van der Waals surface area contributed by atoms with Gasteiger partial charge in [0.05, 0.1) is 18.1 Å². The normalized spacial score (nSPS) is 25.6. The van der Waals surface area contributed by atoms with Crippen LogP contribution in [0.4, 0.5) is 0 Å². The average Bonchev–Trinajstić information content (AvgIpc) is 3.01. The number of ether oxygens (including phenoxy) is 4. The second kappa shape index (κ2) is 9.91. The summed E-state index contributed by atoms with van der Waals surface area (Å²) in [7, 11) is 7.48. The highest BCUT2D eigenvalue weighted by Gasteiger charge is 2.56. The number of methoxy groups -OCH3 is 1. The number of benzene rings is 2. The Bertz CT molecular complexity index is 843. The lowest BCUT2D eigenvalue weighted by Crippen LogP contribution is -2.44. The van der Waals surface area contributed by atoms with Gasteiger partial charge in [-0.2, -0.15) is 0 Å². The molecule has 0 spiro atoms. The van der Waals surface area contributed by atoms with Crippen molar-refractivity contribution < 1.29 is 28.5 Å². The minimum absolute atomic E-state index is 0.108. The summed E-state index contributed by atoms with van der Waals surface area (Å²) in [5, 5.41) is 0. The maximum Gasteiger partial charge on any atom is 0.314 e. The molecule has 2 aromatic carbocycles. The van der Waals surface area contributed by atoms with E-state index in [2.05, 4.69) is 0 Å². The van der Waals surface area contributed by atoms with E-state index in [4.69, 9.17) is 26.8 Å². The fourth-order valence-electron chi connectivity index (χ4n) is 3.69. The van der Waals surface area contributed by atoms with Gasteiger partial charge in [-0.1, -0.05) is 60.7 Å². The molecule has 1 unspecified atom stereocenters. The third-order valence-corrected chi connectivity index (χ3v) is 5.20. The van der Waals surface area contributed by atoms with Crippen molar-refractivity contribution in [2.45, 2.75) is 44.3 Å². The largest absolute Gasteiger partial charge is 0.461 e. The molecule has 0 bridgehead atoms. The van der Waals surface area contributed by atoms with Gasteiger partial charge in [0.2, 0.25) is 0 Å². The van der Waals surface area contributed by atoms with Crippen LogP contribution in [0.15, 0.2) is 60.7 Å². The summed E-state index contributed by atoms with van der Waals surface area (Å²) in [6.45, 7) is 1.90. The molecule has 0 amide bonds. The Morgan fingerprint density at radius 1 is 0.967 bits per heavy atom. The Morgan fingerprint density at radius 3 is 2.03 bits per heavy atom. The first-order valence-corrected chi connectivity index (χ1v) is 9.79. The SMILES string of the molecule is [B][C@@H]1O[C@](C)(CC(=O)OCc2ccccc2)C(C(=O)OCc2ccccc2)[C@@H]1OC. The summed E-state index contributed by atoms with van der Waals surface area (Å²) in [6, 6.07) is 17.8. The predicted molar refractivity (Wildman–Crippen MR) is 110 cm³/mol. The third-order valence-electron chi connectivity index (χ3n) is 5.20. The lowest BCUT2D eigenvalue weighted by atomic mass is 9.80. The number of carbonyl (C=O) groups is 2. The molecule has 2 radical (unpaired) electrons. The van der Waals surface area contributed by atoms with Gasteiger partial charge in [-0.3, -0.25) is 9.59 Å². The van der Waals surface area contributed by atoms with Crippen molar-refractivity contribution >= 4 is 19.8 Å². The van der Waals surface area contributed by atoms with Crippen LogP contribution in [0, 0.1) is 5.92 Å². The molecule has 2 aromatic rings. The standard InChI is InChI=1S/C23H25BO6/c1-23(13-18(25)28-14-16-9-5-3-6-10-16)19(20(27-2)21(24)30-23)22(26)29-15-17-11-7-4-8-12-17/h3-12,19-21H,13-15H2,1-2H3/t19?,20-,21+,23+/m0/s1. The molecule has 6 nitrogen and oxygen atoms in total. The van der Waals surface area contributed by atoms with Crippen molar-refractivity contribution in [3.63, 3.8) is 0 Å². The molecule has 1 fully saturated rings. The lowest BCUT2D eigenvalue weighted by molar-refractivity contribution is -0.163. The molecule has 30 heavy (non-hydrogen) atoms. The molecule has 156 valence electrons. The number of hydrogen-bond acceptors (Lipinski definition) is 6. The maximum absolute atomic E-state index is 12.9. The molecular formula is C23H25BO6. The summed E-state index contributed by atoms with van der Waals surface area (Å²) in [5.41, 5.74) is 0.516. The van der Waals surface area contributed by atoms with Gasteiger partial charge in [0.25, 0.3) is 0 Å². The summed E-state index contributed by atoms with van der Waals surface area (Å²) in [5.74, 6) is -1.89. The van der Waals surface area contributed by atoms with E-state index < -0.39 is 35.6 Å². The van der Waals surface area contributed by atoms with Gasteiger partial charge >= 0.3 is 11.9 Å². The smallest absolute Gasteiger partial charge is 0.314 e. The van der Waals surface area contributed by atoms with Crippen molar-refractivity contribution in [1.82, 2.24) is 0 Å². The van der Waals surface area contributed by atoms with Crippen LogP contribution < -0.4 is 0 Å². The second-order valence-corrected chi connectivity index (χ2v) is 7.49. The average molecular weight is 408 g/mol. The second-order valence-electron chi connectivity index (χ2n) is 7.49. The van der Waals surface area contributed by atoms with E-state index in [9.17, 15) is 9.59 Å². The van der Waals surface area contributed by atoms with Gasteiger partial charge in [-0.05, 0) is 18.1 Å². The number of esters is 2. The van der Waals surface area contributed by atoms with Gasteiger partial charge in [0.1, 0.15) is 27.0 Å².